The van der Waals surface area contributed by atoms with E-state index in [9.17, 15) is 13.4 Å². The molecule has 9 heteroatoms. The fourth-order valence-electron chi connectivity index (χ4n) is 4.24. The zero-order valence-electron chi connectivity index (χ0n) is 19.1. The lowest BCUT2D eigenvalue weighted by Gasteiger charge is -2.32. The summed E-state index contributed by atoms with van der Waals surface area (Å²) < 4.78 is 34.9. The van der Waals surface area contributed by atoms with Gasteiger partial charge >= 0.3 is 0 Å². The quantitative estimate of drug-likeness (QED) is 0.474. The molecule has 5 nitrogen and oxygen atoms in total. The molecule has 2 fully saturated rings. The minimum Gasteiger partial charge on any atom is -0.493 e. The van der Waals surface area contributed by atoms with Crippen molar-refractivity contribution in [3.05, 3.63) is 62.9 Å². The van der Waals surface area contributed by atoms with E-state index in [4.69, 9.17) is 27.9 Å². The average molecular weight is 527 g/mol. The van der Waals surface area contributed by atoms with Gasteiger partial charge in [0, 0.05) is 38.6 Å². The van der Waals surface area contributed by atoms with Crippen LogP contribution in [-0.2, 0) is 16.3 Å². The Kier molecular flexibility index (Phi) is 7.77. The number of benzene rings is 2. The molecule has 1 saturated heterocycles. The molecule has 1 aliphatic carbocycles. The molecule has 2 aromatic rings. The van der Waals surface area contributed by atoms with E-state index in [1.54, 1.807) is 12.1 Å². The Morgan fingerprint density at radius 1 is 1.21 bits per heavy atom. The highest BCUT2D eigenvalue weighted by molar-refractivity contribution is 7.98. The molecule has 2 aliphatic rings. The number of carbonyl (C=O) groups excluding carboxylic acids is 1. The van der Waals surface area contributed by atoms with Crippen LogP contribution in [0.3, 0.4) is 0 Å². The van der Waals surface area contributed by atoms with Gasteiger partial charge in [-0.3, -0.25) is 14.4 Å². The van der Waals surface area contributed by atoms with Crippen molar-refractivity contribution in [2.75, 3.05) is 26.0 Å². The molecule has 4 rings (SSSR count). The summed E-state index contributed by atoms with van der Waals surface area (Å²) >= 11 is 12.3. The van der Waals surface area contributed by atoms with Crippen molar-refractivity contribution in [2.24, 2.45) is 5.92 Å². The summed E-state index contributed by atoms with van der Waals surface area (Å²) in [4.78, 5) is 14.7. The average Bonchev–Trinajstić information content (AvgIpc) is 3.59. The predicted molar refractivity (Wildman–Crippen MR) is 137 cm³/mol. The van der Waals surface area contributed by atoms with E-state index in [0.717, 1.165) is 56.4 Å². The van der Waals surface area contributed by atoms with Crippen LogP contribution in [0.25, 0.3) is 0 Å². The third-order valence-electron chi connectivity index (χ3n) is 6.26. The number of nitrogens with zero attached hydrogens (tertiary/aromatic N) is 1. The van der Waals surface area contributed by atoms with Crippen LogP contribution in [0.5, 0.6) is 5.75 Å². The van der Waals surface area contributed by atoms with Crippen LogP contribution in [0.15, 0.2) is 30.3 Å². The van der Waals surface area contributed by atoms with Crippen molar-refractivity contribution < 1.29 is 18.1 Å². The number of rotatable bonds is 8. The first-order valence-electron chi connectivity index (χ1n) is 11.4. The largest absolute Gasteiger partial charge is 0.493 e. The van der Waals surface area contributed by atoms with Crippen LogP contribution in [0.1, 0.15) is 53.1 Å². The Bertz CT molecular complexity index is 1180. The third kappa shape index (κ3) is 6.66. The summed E-state index contributed by atoms with van der Waals surface area (Å²) in [7, 11) is -2.78. The Labute approximate surface area is 210 Å². The normalized spacial score (nSPS) is 18.9. The van der Waals surface area contributed by atoms with Gasteiger partial charge < -0.3 is 4.74 Å². The first-order valence-corrected chi connectivity index (χ1v) is 14.2. The lowest BCUT2D eigenvalue weighted by molar-refractivity contribution is 0.0978. The summed E-state index contributed by atoms with van der Waals surface area (Å²) in [6.45, 7) is 3.14. The Morgan fingerprint density at radius 3 is 2.53 bits per heavy atom. The number of likely N-dealkylation sites (tertiary alicyclic amines) is 1. The maximum absolute atomic E-state index is 14.7. The van der Waals surface area contributed by atoms with Crippen LogP contribution in [0.2, 0.25) is 10.0 Å². The van der Waals surface area contributed by atoms with E-state index in [2.05, 4.69) is 15.5 Å². The number of amides is 1. The second-order valence-corrected chi connectivity index (χ2v) is 12.4. The van der Waals surface area contributed by atoms with Gasteiger partial charge in [-0.25, -0.2) is 8.60 Å². The standard InChI is InChI=1S/C25H29Cl2FN2O3S/c1-34(2,32)29-25(31)21-12-20(17-3-4-17)24(13-23(21)28)33-15-16-7-9-30(10-8-16)14-18-5-6-19(26)11-22(18)27/h5-6,11-13,16-17H,1,3-4,7-10,14-15H2,2H3,(H,29,31,32). The maximum Gasteiger partial charge on any atom is 0.265 e. The zero-order valence-corrected chi connectivity index (χ0v) is 21.4. The Hall–Kier alpha value is -1.80. The topological polar surface area (TPSA) is 58.6 Å². The second-order valence-electron chi connectivity index (χ2n) is 9.35. The lowest BCUT2D eigenvalue weighted by Crippen LogP contribution is -2.35. The molecule has 0 bridgehead atoms. The van der Waals surface area contributed by atoms with Crippen LogP contribution in [-0.4, -0.2) is 46.8 Å². The summed E-state index contributed by atoms with van der Waals surface area (Å²) in [5.41, 5.74) is 1.78. The van der Waals surface area contributed by atoms with Crippen molar-refractivity contribution in [1.82, 2.24) is 9.62 Å². The fourth-order valence-corrected chi connectivity index (χ4v) is 5.22. The number of halogens is 3. The van der Waals surface area contributed by atoms with Gasteiger partial charge in [0.2, 0.25) is 0 Å². The Morgan fingerprint density at radius 2 is 1.91 bits per heavy atom. The first-order chi connectivity index (χ1) is 16.1. The van der Waals surface area contributed by atoms with Gasteiger partial charge in [-0.15, -0.1) is 0 Å². The molecule has 1 atom stereocenters. The molecule has 0 spiro atoms. The van der Waals surface area contributed by atoms with E-state index in [1.807, 2.05) is 12.1 Å². The van der Waals surface area contributed by atoms with Gasteiger partial charge in [-0.2, -0.15) is 0 Å². The monoisotopic (exact) mass is 526 g/mol. The van der Waals surface area contributed by atoms with Crippen LogP contribution in [0.4, 0.5) is 4.39 Å². The molecule has 1 unspecified atom stereocenters. The molecule has 34 heavy (non-hydrogen) atoms. The number of hydrogen-bond donors (Lipinski definition) is 1. The van der Waals surface area contributed by atoms with E-state index in [1.165, 1.54) is 12.3 Å². The molecule has 1 amide bonds. The highest BCUT2D eigenvalue weighted by Crippen LogP contribution is 2.45. The van der Waals surface area contributed by atoms with Gasteiger partial charge in [-0.1, -0.05) is 29.3 Å². The van der Waals surface area contributed by atoms with Gasteiger partial charge in [0.1, 0.15) is 11.6 Å². The first kappa shape index (κ1) is 25.3. The molecule has 1 N–H and O–H groups in total. The van der Waals surface area contributed by atoms with Crippen molar-refractivity contribution in [2.45, 2.75) is 38.1 Å². The van der Waals surface area contributed by atoms with Crippen LogP contribution in [0, 0.1) is 11.7 Å². The van der Waals surface area contributed by atoms with Crippen LogP contribution < -0.4 is 9.46 Å². The summed E-state index contributed by atoms with van der Waals surface area (Å²) in [6, 6.07) is 8.42. The minimum absolute atomic E-state index is 0.123. The summed E-state index contributed by atoms with van der Waals surface area (Å²) in [5.74, 6) is 3.13. The van der Waals surface area contributed by atoms with E-state index in [-0.39, 0.29) is 11.5 Å². The SMILES string of the molecule is C=S(C)(=O)NC(=O)c1cc(C2CC2)c(OCC2CCN(Cc3ccc(Cl)cc3Cl)CC2)cc1F. The molecule has 1 aliphatic heterocycles. The smallest absolute Gasteiger partial charge is 0.265 e. The molecule has 0 radical (unpaired) electrons. The van der Waals surface area contributed by atoms with E-state index >= 15 is 0 Å². The maximum atomic E-state index is 14.7. The van der Waals surface area contributed by atoms with Gasteiger partial charge in [0.25, 0.3) is 5.91 Å². The molecule has 2 aromatic carbocycles. The lowest BCUT2D eigenvalue weighted by atomic mass is 9.97. The number of ether oxygens (including phenoxy) is 1. The number of carbonyl (C=O) groups is 1. The molecule has 0 aromatic heterocycles. The molecule has 1 saturated carbocycles. The number of piperidine rings is 1. The summed E-state index contributed by atoms with van der Waals surface area (Å²) in [6.07, 6.45) is 5.21. The van der Waals surface area contributed by atoms with Gasteiger partial charge in [0.05, 0.1) is 12.2 Å². The number of nitrogens with one attached hydrogen (secondary N) is 1. The summed E-state index contributed by atoms with van der Waals surface area (Å²) in [5, 5.41) is 1.31. The van der Waals surface area contributed by atoms with Crippen molar-refractivity contribution in [3.8, 4) is 5.75 Å². The second kappa shape index (κ2) is 10.4. The molecule has 1 heterocycles. The van der Waals surface area contributed by atoms with Crippen molar-refractivity contribution >= 4 is 44.7 Å². The fraction of sp³-hybridized carbons (Fsp3) is 0.440. The third-order valence-corrected chi connectivity index (χ3v) is 7.46. The number of hydrogen-bond acceptors (Lipinski definition) is 4. The van der Waals surface area contributed by atoms with Gasteiger partial charge in [0.15, 0.2) is 0 Å². The minimum atomic E-state index is -2.78. The van der Waals surface area contributed by atoms with Crippen molar-refractivity contribution in [1.29, 1.82) is 0 Å². The van der Waals surface area contributed by atoms with Crippen LogP contribution >= 0.6 is 23.2 Å². The predicted octanol–water partition coefficient (Wildman–Crippen LogP) is 5.29. The van der Waals surface area contributed by atoms with E-state index < -0.39 is 21.4 Å². The Balaban J connectivity index is 1.35. The highest BCUT2D eigenvalue weighted by Gasteiger charge is 2.30. The zero-order chi connectivity index (χ0) is 24.5. The molecule has 184 valence electrons. The molecular weight excluding hydrogens is 498 g/mol. The van der Waals surface area contributed by atoms with Crippen molar-refractivity contribution in [3.63, 3.8) is 0 Å². The van der Waals surface area contributed by atoms with Gasteiger partial charge in [-0.05, 0) is 85.8 Å². The van der Waals surface area contributed by atoms with E-state index in [0.29, 0.717) is 28.3 Å². The highest BCUT2D eigenvalue weighted by atomic mass is 35.5. The molecular formula is C25H29Cl2FN2O3S.